The molecule has 0 radical (unpaired) electrons. The van der Waals surface area contributed by atoms with Gasteiger partial charge < -0.3 is 4.74 Å². The molecule has 0 N–H and O–H groups in total. The Kier molecular flexibility index (Phi) is 4.41. The summed E-state index contributed by atoms with van der Waals surface area (Å²) in [5, 5.41) is 0. The first-order valence-corrected chi connectivity index (χ1v) is 7.62. The summed E-state index contributed by atoms with van der Waals surface area (Å²) in [7, 11) is 1.74. The molecule has 2 aromatic rings. The molecule has 0 aliphatic heterocycles. The lowest BCUT2D eigenvalue weighted by atomic mass is 9.85. The molecule has 0 spiro atoms. The molecule has 0 saturated carbocycles. The van der Waals surface area contributed by atoms with Crippen molar-refractivity contribution in [2.75, 3.05) is 7.11 Å². The van der Waals surface area contributed by atoms with Crippen LogP contribution >= 0.6 is 0 Å². The van der Waals surface area contributed by atoms with Crippen LogP contribution in [0.2, 0.25) is 0 Å². The molecule has 1 nitrogen and oxygen atoms in total. The maximum atomic E-state index is 5.61. The van der Waals surface area contributed by atoms with Gasteiger partial charge in [-0.05, 0) is 34.1 Å². The van der Waals surface area contributed by atoms with Gasteiger partial charge in [0.05, 0.1) is 7.11 Å². The number of hydrogen-bond donors (Lipinski definition) is 0. The van der Waals surface area contributed by atoms with E-state index in [4.69, 9.17) is 4.74 Å². The monoisotopic (exact) mass is 282 g/mol. The molecule has 0 unspecified atom stereocenters. The predicted octanol–water partition coefficient (Wildman–Crippen LogP) is 5.78. The van der Waals surface area contributed by atoms with E-state index in [1.165, 1.54) is 16.7 Å². The Morgan fingerprint density at radius 1 is 0.905 bits per heavy atom. The molecule has 21 heavy (non-hydrogen) atoms. The molecular weight excluding hydrogens is 256 g/mol. The Labute approximate surface area is 129 Å². The maximum absolute atomic E-state index is 5.61. The second-order valence-corrected chi connectivity index (χ2v) is 6.94. The van der Waals surface area contributed by atoms with Crippen LogP contribution in [0.3, 0.4) is 0 Å². The molecule has 112 valence electrons. The Morgan fingerprint density at radius 2 is 1.52 bits per heavy atom. The second kappa shape index (κ2) is 5.93. The van der Waals surface area contributed by atoms with Gasteiger partial charge in [0, 0.05) is 5.56 Å². The van der Waals surface area contributed by atoms with E-state index in [2.05, 4.69) is 77.1 Å². The van der Waals surface area contributed by atoms with Crippen LogP contribution in [-0.4, -0.2) is 7.11 Å². The van der Waals surface area contributed by atoms with Gasteiger partial charge in [-0.25, -0.2) is 0 Å². The summed E-state index contributed by atoms with van der Waals surface area (Å²) in [6.07, 6.45) is 0. The van der Waals surface area contributed by atoms with Gasteiger partial charge in [-0.3, -0.25) is 0 Å². The van der Waals surface area contributed by atoms with Crippen molar-refractivity contribution in [1.29, 1.82) is 0 Å². The van der Waals surface area contributed by atoms with Crippen molar-refractivity contribution < 1.29 is 4.74 Å². The molecule has 2 rings (SSSR count). The molecular formula is C20H26O. The minimum absolute atomic E-state index is 0.132. The van der Waals surface area contributed by atoms with Gasteiger partial charge >= 0.3 is 0 Å². The van der Waals surface area contributed by atoms with Crippen LogP contribution < -0.4 is 4.74 Å². The summed E-state index contributed by atoms with van der Waals surface area (Å²) in [6, 6.07) is 15.3. The summed E-state index contributed by atoms with van der Waals surface area (Å²) in [5.74, 6) is 1.50. The molecule has 1 heteroatoms. The minimum Gasteiger partial charge on any atom is -0.496 e. The fraction of sp³-hybridized carbons (Fsp3) is 0.400. The van der Waals surface area contributed by atoms with Crippen molar-refractivity contribution in [2.45, 2.75) is 46.0 Å². The highest BCUT2D eigenvalue weighted by Gasteiger charge is 2.16. The third-order valence-electron chi connectivity index (χ3n) is 3.96. The molecule has 0 saturated heterocycles. The van der Waals surface area contributed by atoms with Gasteiger partial charge in [-0.1, -0.05) is 71.0 Å². The van der Waals surface area contributed by atoms with E-state index >= 15 is 0 Å². The van der Waals surface area contributed by atoms with Gasteiger partial charge in [-0.2, -0.15) is 0 Å². The summed E-state index contributed by atoms with van der Waals surface area (Å²) in [4.78, 5) is 0. The van der Waals surface area contributed by atoms with Crippen molar-refractivity contribution in [2.24, 2.45) is 0 Å². The van der Waals surface area contributed by atoms with Gasteiger partial charge in [0.15, 0.2) is 0 Å². The molecule has 0 fully saturated rings. The van der Waals surface area contributed by atoms with E-state index in [0.717, 1.165) is 11.3 Å². The van der Waals surface area contributed by atoms with Crippen molar-refractivity contribution in [3.63, 3.8) is 0 Å². The number of rotatable bonds is 3. The Bertz CT molecular complexity index is 601. The van der Waals surface area contributed by atoms with Crippen LogP contribution in [-0.2, 0) is 5.41 Å². The Balaban J connectivity index is 2.44. The zero-order valence-electron chi connectivity index (χ0n) is 14.0. The lowest BCUT2D eigenvalue weighted by Crippen LogP contribution is -2.11. The first-order chi connectivity index (χ1) is 9.82. The maximum Gasteiger partial charge on any atom is 0.126 e. The van der Waals surface area contributed by atoms with E-state index in [9.17, 15) is 0 Å². The fourth-order valence-electron chi connectivity index (χ4n) is 2.44. The third-order valence-corrected chi connectivity index (χ3v) is 3.96. The summed E-state index contributed by atoms with van der Waals surface area (Å²) in [6.45, 7) is 11.1. The molecule has 2 aromatic carbocycles. The third kappa shape index (κ3) is 3.47. The standard InChI is InChI=1S/C20H26O/c1-14(2)15-7-9-16(10-8-15)18-12-11-17(20(3,4)5)13-19(18)21-6/h7-14H,1-6H3. The number of methoxy groups -OCH3 is 1. The van der Waals surface area contributed by atoms with Crippen LogP contribution in [0.25, 0.3) is 11.1 Å². The number of hydrogen-bond acceptors (Lipinski definition) is 1. The Morgan fingerprint density at radius 3 is 2.00 bits per heavy atom. The first-order valence-electron chi connectivity index (χ1n) is 7.62. The molecule has 0 heterocycles. The number of ether oxygens (including phenoxy) is 1. The van der Waals surface area contributed by atoms with Gasteiger partial charge in [0.1, 0.15) is 5.75 Å². The predicted molar refractivity (Wildman–Crippen MR) is 91.2 cm³/mol. The quantitative estimate of drug-likeness (QED) is 0.693. The highest BCUT2D eigenvalue weighted by atomic mass is 16.5. The fourth-order valence-corrected chi connectivity index (χ4v) is 2.44. The summed E-state index contributed by atoms with van der Waals surface area (Å²) < 4.78 is 5.61. The molecule has 0 aromatic heterocycles. The van der Waals surface area contributed by atoms with Crippen LogP contribution in [0.5, 0.6) is 5.75 Å². The summed E-state index contributed by atoms with van der Waals surface area (Å²) >= 11 is 0. The van der Waals surface area contributed by atoms with E-state index < -0.39 is 0 Å². The molecule has 0 bridgehead atoms. The van der Waals surface area contributed by atoms with Crippen LogP contribution in [0, 0.1) is 0 Å². The molecule has 0 aliphatic carbocycles. The number of benzene rings is 2. The first kappa shape index (κ1) is 15.6. The average Bonchev–Trinajstić information content (AvgIpc) is 2.45. The normalized spacial score (nSPS) is 11.8. The molecule has 0 aliphatic rings. The molecule has 0 atom stereocenters. The molecule has 0 amide bonds. The Hall–Kier alpha value is -1.76. The van der Waals surface area contributed by atoms with Crippen molar-refractivity contribution in [1.82, 2.24) is 0 Å². The van der Waals surface area contributed by atoms with Gasteiger partial charge in [-0.15, -0.1) is 0 Å². The van der Waals surface area contributed by atoms with Gasteiger partial charge in [0.2, 0.25) is 0 Å². The van der Waals surface area contributed by atoms with Crippen LogP contribution in [0.1, 0.15) is 51.7 Å². The second-order valence-electron chi connectivity index (χ2n) is 6.94. The zero-order chi connectivity index (χ0) is 15.6. The van der Waals surface area contributed by atoms with E-state index in [1.54, 1.807) is 7.11 Å². The SMILES string of the molecule is COc1cc(C(C)(C)C)ccc1-c1ccc(C(C)C)cc1. The van der Waals surface area contributed by atoms with E-state index in [0.29, 0.717) is 5.92 Å². The van der Waals surface area contributed by atoms with Crippen molar-refractivity contribution in [3.05, 3.63) is 53.6 Å². The van der Waals surface area contributed by atoms with Gasteiger partial charge in [0.25, 0.3) is 0 Å². The summed E-state index contributed by atoms with van der Waals surface area (Å²) in [5.41, 5.74) is 5.15. The highest BCUT2D eigenvalue weighted by molar-refractivity contribution is 5.71. The van der Waals surface area contributed by atoms with E-state index in [-0.39, 0.29) is 5.41 Å². The van der Waals surface area contributed by atoms with Crippen LogP contribution in [0.15, 0.2) is 42.5 Å². The van der Waals surface area contributed by atoms with E-state index in [1.807, 2.05) is 0 Å². The van der Waals surface area contributed by atoms with Crippen LogP contribution in [0.4, 0.5) is 0 Å². The largest absolute Gasteiger partial charge is 0.496 e. The zero-order valence-corrected chi connectivity index (χ0v) is 14.0. The van der Waals surface area contributed by atoms with Crippen molar-refractivity contribution in [3.8, 4) is 16.9 Å². The topological polar surface area (TPSA) is 9.23 Å². The lowest BCUT2D eigenvalue weighted by Gasteiger charge is -2.21. The minimum atomic E-state index is 0.132. The average molecular weight is 282 g/mol. The smallest absolute Gasteiger partial charge is 0.126 e. The highest BCUT2D eigenvalue weighted by Crippen LogP contribution is 2.35. The lowest BCUT2D eigenvalue weighted by molar-refractivity contribution is 0.414. The van der Waals surface area contributed by atoms with Crippen molar-refractivity contribution >= 4 is 0 Å².